The first-order valence-electron chi connectivity index (χ1n) is 11.2. The number of aromatic nitrogens is 2. The van der Waals surface area contributed by atoms with Gasteiger partial charge in [0, 0.05) is 29.9 Å². The molecule has 4 nitrogen and oxygen atoms in total. The molecule has 0 atom stereocenters. The van der Waals surface area contributed by atoms with Crippen molar-refractivity contribution in [2.45, 2.75) is 0 Å². The number of para-hydroxylation sites is 2. The van der Waals surface area contributed by atoms with Gasteiger partial charge in [-0.05, 0) is 48.6 Å². The Kier molecular flexibility index (Phi) is 5.59. The standard InChI is InChI=1S/C30H16N4S2/c1-32-28(27-13-11-20-7-3-5-9-25(20)34-27)15-23-17-30-29(36-23)16-22(35-30)14-21(18-31)26-12-10-19-6-2-4-8-24(19)33-26/h2-17H/b21-14+,28-15-. The number of nitriles is 1. The van der Waals surface area contributed by atoms with Gasteiger partial charge in [-0.3, -0.25) is 4.98 Å². The molecule has 6 heteroatoms. The van der Waals surface area contributed by atoms with E-state index in [2.05, 4.69) is 33.0 Å². The zero-order chi connectivity index (χ0) is 24.5. The van der Waals surface area contributed by atoms with Crippen molar-refractivity contribution in [3.05, 3.63) is 117 Å². The van der Waals surface area contributed by atoms with Crippen LogP contribution >= 0.6 is 22.7 Å². The van der Waals surface area contributed by atoms with Gasteiger partial charge in [0.1, 0.15) is 6.07 Å². The van der Waals surface area contributed by atoms with Gasteiger partial charge in [0.25, 0.3) is 0 Å². The number of fused-ring (bicyclic) bond motifs is 3. The van der Waals surface area contributed by atoms with Crippen molar-refractivity contribution in [3.63, 3.8) is 0 Å². The van der Waals surface area contributed by atoms with E-state index in [-0.39, 0.29) is 0 Å². The zero-order valence-electron chi connectivity index (χ0n) is 18.8. The molecule has 2 aromatic carbocycles. The average molecular weight is 497 g/mol. The quantitative estimate of drug-likeness (QED) is 0.181. The number of hydrogen-bond acceptors (Lipinski definition) is 5. The summed E-state index contributed by atoms with van der Waals surface area (Å²) in [6.45, 7) is 7.70. The lowest BCUT2D eigenvalue weighted by Gasteiger charge is -2.01. The van der Waals surface area contributed by atoms with Gasteiger partial charge in [-0.2, -0.15) is 5.26 Å². The number of hydrogen-bond donors (Lipinski definition) is 0. The molecular weight excluding hydrogens is 480 g/mol. The number of nitrogens with zero attached hydrogens (tertiary/aromatic N) is 4. The van der Waals surface area contributed by atoms with Crippen LogP contribution in [0, 0.1) is 17.9 Å². The number of rotatable bonds is 4. The summed E-state index contributed by atoms with van der Waals surface area (Å²) in [5.41, 5.74) is 4.14. The van der Waals surface area contributed by atoms with E-state index in [9.17, 15) is 5.26 Å². The van der Waals surface area contributed by atoms with E-state index in [4.69, 9.17) is 6.57 Å². The predicted molar refractivity (Wildman–Crippen MR) is 151 cm³/mol. The first-order chi connectivity index (χ1) is 17.7. The van der Waals surface area contributed by atoms with Crippen LogP contribution in [0.5, 0.6) is 0 Å². The predicted octanol–water partition coefficient (Wildman–Crippen LogP) is 8.54. The van der Waals surface area contributed by atoms with Crippen molar-refractivity contribution in [2.24, 2.45) is 0 Å². The van der Waals surface area contributed by atoms with E-state index in [1.54, 1.807) is 22.7 Å². The summed E-state index contributed by atoms with van der Waals surface area (Å²) >= 11 is 3.25. The third-order valence-corrected chi connectivity index (χ3v) is 7.97. The van der Waals surface area contributed by atoms with Crippen LogP contribution in [0.4, 0.5) is 0 Å². The molecule has 0 saturated carbocycles. The molecule has 0 fully saturated rings. The molecule has 0 saturated heterocycles. The number of allylic oxidation sites excluding steroid dienone is 1. The monoisotopic (exact) mass is 496 g/mol. The molecule has 0 unspecified atom stereocenters. The van der Waals surface area contributed by atoms with Crippen LogP contribution in [0.15, 0.2) is 84.9 Å². The van der Waals surface area contributed by atoms with E-state index in [0.717, 1.165) is 41.0 Å². The van der Waals surface area contributed by atoms with Crippen molar-refractivity contribution in [1.29, 1.82) is 5.26 Å². The minimum absolute atomic E-state index is 0.518. The van der Waals surface area contributed by atoms with Gasteiger partial charge in [0.05, 0.1) is 34.6 Å². The first-order valence-corrected chi connectivity index (χ1v) is 12.8. The summed E-state index contributed by atoms with van der Waals surface area (Å²) in [5.74, 6) is 0. The number of pyridine rings is 2. The molecular formula is C30H16N4S2. The minimum atomic E-state index is 0.518. The van der Waals surface area contributed by atoms with Gasteiger partial charge < -0.3 is 0 Å². The highest BCUT2D eigenvalue weighted by Gasteiger charge is 2.11. The van der Waals surface area contributed by atoms with Crippen LogP contribution < -0.4 is 0 Å². The van der Waals surface area contributed by atoms with Crippen LogP contribution in [0.1, 0.15) is 21.1 Å². The molecule has 0 spiro atoms. The van der Waals surface area contributed by atoms with Crippen molar-refractivity contribution in [3.8, 4) is 6.07 Å². The molecule has 6 aromatic rings. The highest BCUT2D eigenvalue weighted by molar-refractivity contribution is 7.28. The number of benzene rings is 2. The van der Waals surface area contributed by atoms with Gasteiger partial charge in [-0.25, -0.2) is 9.83 Å². The zero-order valence-corrected chi connectivity index (χ0v) is 20.5. The Labute approximate surface area is 215 Å². The second-order valence-corrected chi connectivity index (χ2v) is 10.3. The molecule has 36 heavy (non-hydrogen) atoms. The SMILES string of the molecule is [C-]#[N+]/C(=C\c1cc2sc(/C=C(\C#N)c3ccc4ccccc4n3)cc2s1)c1ccc2ccccc2n1. The second-order valence-electron chi connectivity index (χ2n) is 8.12. The average Bonchev–Trinajstić information content (AvgIpc) is 3.48. The Balaban J connectivity index is 1.31. The third kappa shape index (κ3) is 4.16. The van der Waals surface area contributed by atoms with Gasteiger partial charge in [0.15, 0.2) is 0 Å². The fourth-order valence-electron chi connectivity index (χ4n) is 4.04. The summed E-state index contributed by atoms with van der Waals surface area (Å²) in [5, 5.41) is 11.9. The maximum absolute atomic E-state index is 9.79. The molecule has 0 N–H and O–H groups in total. The van der Waals surface area contributed by atoms with Crippen molar-refractivity contribution < 1.29 is 0 Å². The smallest absolute Gasteiger partial charge is 0.213 e. The summed E-state index contributed by atoms with van der Waals surface area (Å²) in [4.78, 5) is 15.1. The summed E-state index contributed by atoms with van der Waals surface area (Å²) < 4.78 is 2.24. The number of thiophene rings is 2. The largest absolute Gasteiger partial charge is 0.260 e. The Morgan fingerprint density at radius 2 is 1.31 bits per heavy atom. The van der Waals surface area contributed by atoms with Crippen molar-refractivity contribution in [2.75, 3.05) is 0 Å². The minimum Gasteiger partial charge on any atom is -0.260 e. The Morgan fingerprint density at radius 3 is 1.92 bits per heavy atom. The molecule has 4 heterocycles. The highest BCUT2D eigenvalue weighted by atomic mass is 32.1. The van der Waals surface area contributed by atoms with E-state index in [0.29, 0.717) is 22.7 Å². The fraction of sp³-hybridized carbons (Fsp3) is 0. The van der Waals surface area contributed by atoms with Gasteiger partial charge in [-0.15, -0.1) is 22.7 Å². The van der Waals surface area contributed by atoms with Crippen molar-refractivity contribution >= 4 is 77.3 Å². The molecule has 0 radical (unpaired) electrons. The molecule has 0 aliphatic rings. The Hall–Kier alpha value is -4.62. The summed E-state index contributed by atoms with van der Waals surface area (Å²) in [7, 11) is 0. The Morgan fingerprint density at radius 1 is 0.750 bits per heavy atom. The van der Waals surface area contributed by atoms with E-state index in [1.165, 1.54) is 0 Å². The lowest BCUT2D eigenvalue weighted by atomic mass is 10.1. The van der Waals surface area contributed by atoms with Crippen LogP contribution in [0.3, 0.4) is 0 Å². The topological polar surface area (TPSA) is 53.9 Å². The lowest BCUT2D eigenvalue weighted by Crippen LogP contribution is -1.88. The maximum atomic E-state index is 9.79. The van der Waals surface area contributed by atoms with Gasteiger partial charge in [0.2, 0.25) is 5.70 Å². The van der Waals surface area contributed by atoms with E-state index >= 15 is 0 Å². The second kappa shape index (κ2) is 9.20. The molecule has 0 aliphatic heterocycles. The molecule has 168 valence electrons. The highest BCUT2D eigenvalue weighted by Crippen LogP contribution is 2.36. The maximum Gasteiger partial charge on any atom is 0.213 e. The molecule has 0 bridgehead atoms. The Bertz CT molecular complexity index is 1760. The fourth-order valence-corrected chi connectivity index (χ4v) is 6.34. The summed E-state index contributed by atoms with van der Waals surface area (Å²) in [6.07, 6.45) is 3.80. The van der Waals surface area contributed by atoms with Crippen LogP contribution in [-0.4, -0.2) is 9.97 Å². The first kappa shape index (κ1) is 21.9. The van der Waals surface area contributed by atoms with Gasteiger partial charge in [-0.1, -0.05) is 48.5 Å². The van der Waals surface area contributed by atoms with E-state index < -0.39 is 0 Å². The molecule has 4 aromatic heterocycles. The van der Waals surface area contributed by atoms with Crippen LogP contribution in [0.25, 0.3) is 59.5 Å². The lowest BCUT2D eigenvalue weighted by molar-refractivity contribution is 1.35. The normalized spacial score (nSPS) is 12.2. The summed E-state index contributed by atoms with van der Waals surface area (Å²) in [6, 6.07) is 30.1. The van der Waals surface area contributed by atoms with Crippen molar-refractivity contribution in [1.82, 2.24) is 9.97 Å². The van der Waals surface area contributed by atoms with Crippen LogP contribution in [-0.2, 0) is 0 Å². The van der Waals surface area contributed by atoms with Crippen LogP contribution in [0.2, 0.25) is 0 Å². The van der Waals surface area contributed by atoms with Gasteiger partial charge >= 0.3 is 0 Å². The molecule has 6 rings (SSSR count). The molecule has 0 amide bonds. The van der Waals surface area contributed by atoms with E-state index in [1.807, 2.05) is 84.9 Å². The third-order valence-electron chi connectivity index (χ3n) is 5.79. The molecule has 0 aliphatic carbocycles.